The zero-order chi connectivity index (χ0) is 11.5. The van der Waals surface area contributed by atoms with Gasteiger partial charge in [0.15, 0.2) is 6.04 Å². The number of benzene rings is 1. The highest BCUT2D eigenvalue weighted by atomic mass is 79.9. The van der Waals surface area contributed by atoms with Crippen LogP contribution in [0.1, 0.15) is 5.56 Å². The zero-order valence-electron chi connectivity index (χ0n) is 8.18. The summed E-state index contributed by atoms with van der Waals surface area (Å²) in [4.78, 5) is 15.2. The van der Waals surface area contributed by atoms with Crippen LogP contribution in [0.4, 0.5) is 0 Å². The Balaban J connectivity index is 2.25. The van der Waals surface area contributed by atoms with Crippen LogP contribution in [0.3, 0.4) is 0 Å². The van der Waals surface area contributed by atoms with Crippen LogP contribution in [0.25, 0.3) is 0 Å². The van der Waals surface area contributed by atoms with E-state index in [1.54, 1.807) is 5.48 Å². The van der Waals surface area contributed by atoms with Gasteiger partial charge in [0.25, 0.3) is 5.91 Å². The third-order valence-corrected chi connectivity index (χ3v) is 2.86. The predicted molar refractivity (Wildman–Crippen MR) is 60.3 cm³/mol. The molecule has 1 aliphatic heterocycles. The first-order valence-electron chi connectivity index (χ1n) is 4.62. The molecule has 0 aliphatic carbocycles. The fourth-order valence-electron chi connectivity index (χ4n) is 1.36. The molecule has 0 saturated carbocycles. The first kappa shape index (κ1) is 11.1. The van der Waals surface area contributed by atoms with Crippen LogP contribution in [0.15, 0.2) is 33.7 Å². The summed E-state index contributed by atoms with van der Waals surface area (Å²) >= 11 is 3.37. The Bertz CT molecular complexity index is 447. The van der Waals surface area contributed by atoms with E-state index >= 15 is 0 Å². The van der Waals surface area contributed by atoms with Gasteiger partial charge in [-0.05, 0) is 28.1 Å². The van der Waals surface area contributed by atoms with Crippen molar-refractivity contribution in [2.75, 3.05) is 6.61 Å². The van der Waals surface area contributed by atoms with Gasteiger partial charge < -0.3 is 4.74 Å². The zero-order valence-corrected chi connectivity index (χ0v) is 9.77. The molecule has 0 radical (unpaired) electrons. The largest absolute Gasteiger partial charge is 0.475 e. The molecular weight excluding hydrogens is 276 g/mol. The molecule has 2 N–H and O–H groups in total. The standard InChI is InChI=1S/C10H9BrN2O3/c11-7-4-2-1-3-6(7)10-12-8(5-16-10)9(14)13-15/h1-4,8,15H,5H2,(H,13,14)/t8-/m1/s1. The van der Waals surface area contributed by atoms with Gasteiger partial charge >= 0.3 is 0 Å². The molecule has 5 nitrogen and oxygen atoms in total. The second-order valence-corrected chi connectivity index (χ2v) is 4.07. The molecule has 6 heteroatoms. The van der Waals surface area contributed by atoms with Gasteiger partial charge in [0, 0.05) is 4.47 Å². The maximum Gasteiger partial charge on any atom is 0.271 e. The minimum Gasteiger partial charge on any atom is -0.475 e. The Morgan fingerprint density at radius 3 is 3.00 bits per heavy atom. The van der Waals surface area contributed by atoms with Crippen molar-refractivity contribution in [3.05, 3.63) is 34.3 Å². The molecule has 1 heterocycles. The van der Waals surface area contributed by atoms with E-state index < -0.39 is 11.9 Å². The van der Waals surface area contributed by atoms with Crippen LogP contribution in [0.5, 0.6) is 0 Å². The minimum absolute atomic E-state index is 0.142. The fraction of sp³-hybridized carbons (Fsp3) is 0.200. The second kappa shape index (κ2) is 4.63. The monoisotopic (exact) mass is 284 g/mol. The van der Waals surface area contributed by atoms with Crippen LogP contribution < -0.4 is 5.48 Å². The average molecular weight is 285 g/mol. The lowest BCUT2D eigenvalue weighted by Gasteiger charge is -2.02. The highest BCUT2D eigenvalue weighted by Crippen LogP contribution is 2.20. The van der Waals surface area contributed by atoms with Crippen LogP contribution >= 0.6 is 15.9 Å². The van der Waals surface area contributed by atoms with E-state index in [0.717, 1.165) is 10.0 Å². The lowest BCUT2D eigenvalue weighted by molar-refractivity contribution is -0.130. The molecule has 84 valence electrons. The van der Waals surface area contributed by atoms with Crippen LogP contribution in [-0.2, 0) is 9.53 Å². The number of halogens is 1. The molecule has 0 aromatic heterocycles. The summed E-state index contributed by atoms with van der Waals surface area (Å²) in [5.41, 5.74) is 2.34. The second-order valence-electron chi connectivity index (χ2n) is 3.22. The topological polar surface area (TPSA) is 70.9 Å². The number of aliphatic imine (C=N–C) groups is 1. The quantitative estimate of drug-likeness (QED) is 0.631. The Morgan fingerprint density at radius 1 is 1.56 bits per heavy atom. The Kier molecular flexibility index (Phi) is 3.21. The van der Waals surface area contributed by atoms with E-state index in [9.17, 15) is 4.79 Å². The first-order chi connectivity index (χ1) is 7.72. The lowest BCUT2D eigenvalue weighted by Crippen LogP contribution is -2.31. The van der Waals surface area contributed by atoms with E-state index in [2.05, 4.69) is 20.9 Å². The molecule has 0 saturated heterocycles. The number of rotatable bonds is 2. The number of amides is 1. The molecule has 0 bridgehead atoms. The summed E-state index contributed by atoms with van der Waals surface area (Å²) in [5.74, 6) is -0.164. The maximum absolute atomic E-state index is 11.1. The van der Waals surface area contributed by atoms with Crippen molar-refractivity contribution < 1.29 is 14.7 Å². The smallest absolute Gasteiger partial charge is 0.271 e. The molecule has 0 fully saturated rings. The van der Waals surface area contributed by atoms with E-state index in [-0.39, 0.29) is 6.61 Å². The van der Waals surface area contributed by atoms with Crippen LogP contribution in [-0.4, -0.2) is 29.7 Å². The summed E-state index contributed by atoms with van der Waals surface area (Å²) in [6.07, 6.45) is 0. The SMILES string of the molecule is O=C(NO)[C@H]1COC(c2ccccc2Br)=N1. The molecule has 1 atom stereocenters. The van der Waals surface area contributed by atoms with Gasteiger partial charge in [-0.25, -0.2) is 10.5 Å². The van der Waals surface area contributed by atoms with Gasteiger partial charge in [0.1, 0.15) is 6.61 Å². The van der Waals surface area contributed by atoms with Crippen molar-refractivity contribution in [1.82, 2.24) is 5.48 Å². The summed E-state index contributed by atoms with van der Waals surface area (Å²) in [5, 5.41) is 8.47. The molecule has 0 unspecified atom stereocenters. The van der Waals surface area contributed by atoms with Crippen molar-refractivity contribution in [3.8, 4) is 0 Å². The van der Waals surface area contributed by atoms with Crippen LogP contribution in [0.2, 0.25) is 0 Å². The Labute approximate surface area is 100 Å². The number of carbonyl (C=O) groups is 1. The van der Waals surface area contributed by atoms with Gasteiger partial charge in [0.2, 0.25) is 5.90 Å². The van der Waals surface area contributed by atoms with Crippen molar-refractivity contribution >= 4 is 27.7 Å². The summed E-state index contributed by atoms with van der Waals surface area (Å²) in [6, 6.07) is 6.74. The molecule has 1 aliphatic rings. The number of hydrogen-bond acceptors (Lipinski definition) is 4. The van der Waals surface area contributed by atoms with Gasteiger partial charge in [-0.15, -0.1) is 0 Å². The predicted octanol–water partition coefficient (Wildman–Crippen LogP) is 1.10. The first-order valence-corrected chi connectivity index (χ1v) is 5.41. The molecule has 16 heavy (non-hydrogen) atoms. The van der Waals surface area contributed by atoms with Crippen molar-refractivity contribution in [2.45, 2.75) is 6.04 Å². The Hall–Kier alpha value is -1.40. The molecule has 1 amide bonds. The van der Waals surface area contributed by atoms with Crippen molar-refractivity contribution in [3.63, 3.8) is 0 Å². The maximum atomic E-state index is 11.1. The van der Waals surface area contributed by atoms with Gasteiger partial charge in [-0.3, -0.25) is 10.0 Å². The Morgan fingerprint density at radius 2 is 2.31 bits per heavy atom. The van der Waals surface area contributed by atoms with Gasteiger partial charge in [-0.2, -0.15) is 0 Å². The van der Waals surface area contributed by atoms with E-state index in [1.165, 1.54) is 0 Å². The number of hydroxylamine groups is 1. The number of nitrogens with zero attached hydrogens (tertiary/aromatic N) is 1. The number of nitrogens with one attached hydrogen (secondary N) is 1. The van der Waals surface area contributed by atoms with Crippen LogP contribution in [0, 0.1) is 0 Å². The number of ether oxygens (including phenoxy) is 1. The normalized spacial score (nSPS) is 18.9. The van der Waals surface area contributed by atoms with E-state index in [0.29, 0.717) is 5.90 Å². The highest BCUT2D eigenvalue weighted by Gasteiger charge is 2.26. The minimum atomic E-state index is -0.688. The number of carbonyl (C=O) groups excluding carboxylic acids is 1. The molecule has 0 spiro atoms. The van der Waals surface area contributed by atoms with Crippen molar-refractivity contribution in [2.24, 2.45) is 4.99 Å². The molecule has 1 aromatic rings. The summed E-state index contributed by atoms with van der Waals surface area (Å²) < 4.78 is 6.15. The molecular formula is C10H9BrN2O3. The summed E-state index contributed by atoms with van der Waals surface area (Å²) in [7, 11) is 0. The number of hydrogen-bond donors (Lipinski definition) is 2. The van der Waals surface area contributed by atoms with Gasteiger partial charge in [0.05, 0.1) is 5.56 Å². The van der Waals surface area contributed by atoms with Crippen molar-refractivity contribution in [1.29, 1.82) is 0 Å². The van der Waals surface area contributed by atoms with E-state index in [4.69, 9.17) is 9.94 Å². The highest BCUT2D eigenvalue weighted by molar-refractivity contribution is 9.10. The third kappa shape index (κ3) is 2.07. The molecule has 2 rings (SSSR count). The summed E-state index contributed by atoms with van der Waals surface area (Å²) in [6.45, 7) is 0.142. The fourth-order valence-corrected chi connectivity index (χ4v) is 1.82. The third-order valence-electron chi connectivity index (χ3n) is 2.17. The van der Waals surface area contributed by atoms with E-state index in [1.807, 2.05) is 24.3 Å². The van der Waals surface area contributed by atoms with Gasteiger partial charge in [-0.1, -0.05) is 12.1 Å². The average Bonchev–Trinajstić information content (AvgIpc) is 2.78. The lowest BCUT2D eigenvalue weighted by atomic mass is 10.2. The molecule has 1 aromatic carbocycles.